The van der Waals surface area contributed by atoms with Crippen LogP contribution in [0.1, 0.15) is 22.3 Å². The molecule has 3 N–H and O–H groups in total. The average Bonchev–Trinajstić information content (AvgIpc) is 2.41. The first-order chi connectivity index (χ1) is 10.0. The number of guanidine groups is 1. The van der Waals surface area contributed by atoms with Crippen LogP contribution in [0.5, 0.6) is 0 Å². The summed E-state index contributed by atoms with van der Waals surface area (Å²) in [5.41, 5.74) is 12.0. The molecule has 0 aliphatic carbocycles. The standard InChI is InChI=1S/C18H23N3/c1-13-5-4-6-17(12-13)21-18(19)20-10-9-16-8-7-14(2)11-15(16)3/h4-8,11-12H,9-10H2,1-3H3,(H3,19,20,21). The largest absolute Gasteiger partial charge is 0.370 e. The molecule has 0 atom stereocenters. The highest BCUT2D eigenvalue weighted by Crippen LogP contribution is 2.11. The van der Waals surface area contributed by atoms with Gasteiger partial charge in [-0.15, -0.1) is 0 Å². The lowest BCUT2D eigenvalue weighted by molar-refractivity contribution is 0.953. The predicted molar refractivity (Wildman–Crippen MR) is 90.9 cm³/mol. The number of aryl methyl sites for hydroxylation is 3. The van der Waals surface area contributed by atoms with Crippen LogP contribution in [0.25, 0.3) is 0 Å². The van der Waals surface area contributed by atoms with Crippen LogP contribution in [0.3, 0.4) is 0 Å². The van der Waals surface area contributed by atoms with Gasteiger partial charge in [0.2, 0.25) is 0 Å². The first-order valence-electron chi connectivity index (χ1n) is 7.24. The van der Waals surface area contributed by atoms with Gasteiger partial charge in [-0.2, -0.15) is 0 Å². The predicted octanol–water partition coefficient (Wildman–Crippen LogP) is 3.58. The first kappa shape index (κ1) is 15.1. The molecule has 0 saturated carbocycles. The molecule has 2 rings (SSSR count). The molecule has 3 heteroatoms. The highest BCUT2D eigenvalue weighted by Gasteiger charge is 1.99. The van der Waals surface area contributed by atoms with E-state index in [4.69, 9.17) is 5.73 Å². The third-order valence-corrected chi connectivity index (χ3v) is 3.45. The maximum atomic E-state index is 5.92. The van der Waals surface area contributed by atoms with Crippen LogP contribution in [0.15, 0.2) is 47.5 Å². The van der Waals surface area contributed by atoms with Crippen molar-refractivity contribution in [2.24, 2.45) is 10.7 Å². The highest BCUT2D eigenvalue weighted by atomic mass is 15.1. The quantitative estimate of drug-likeness (QED) is 0.665. The monoisotopic (exact) mass is 281 g/mol. The molecule has 2 aromatic carbocycles. The summed E-state index contributed by atoms with van der Waals surface area (Å²) in [6.07, 6.45) is 0.905. The van der Waals surface area contributed by atoms with Gasteiger partial charge in [-0.3, -0.25) is 4.99 Å². The fraction of sp³-hybridized carbons (Fsp3) is 0.278. The van der Waals surface area contributed by atoms with Crippen LogP contribution in [-0.4, -0.2) is 12.5 Å². The minimum Gasteiger partial charge on any atom is -0.370 e. The van der Waals surface area contributed by atoms with Crippen molar-refractivity contribution in [3.8, 4) is 0 Å². The zero-order valence-electron chi connectivity index (χ0n) is 13.0. The lowest BCUT2D eigenvalue weighted by atomic mass is 10.0. The van der Waals surface area contributed by atoms with Crippen LogP contribution in [0, 0.1) is 20.8 Å². The molecule has 0 amide bonds. The second-order valence-corrected chi connectivity index (χ2v) is 5.44. The van der Waals surface area contributed by atoms with Crippen molar-refractivity contribution >= 4 is 11.6 Å². The summed E-state index contributed by atoms with van der Waals surface area (Å²) in [4.78, 5) is 4.39. The van der Waals surface area contributed by atoms with Gasteiger partial charge in [0.15, 0.2) is 5.96 Å². The number of nitrogens with one attached hydrogen (secondary N) is 1. The van der Waals surface area contributed by atoms with E-state index >= 15 is 0 Å². The molecule has 0 aromatic heterocycles. The normalized spacial score (nSPS) is 11.5. The molecule has 0 heterocycles. The summed E-state index contributed by atoms with van der Waals surface area (Å²) in [6, 6.07) is 14.6. The van der Waals surface area contributed by atoms with E-state index in [2.05, 4.69) is 55.3 Å². The van der Waals surface area contributed by atoms with Gasteiger partial charge in [-0.1, -0.05) is 35.9 Å². The molecule has 3 nitrogen and oxygen atoms in total. The molecular weight excluding hydrogens is 258 g/mol. The van der Waals surface area contributed by atoms with Crippen LogP contribution in [0.4, 0.5) is 5.69 Å². The number of nitrogens with two attached hydrogens (primary N) is 1. The summed E-state index contributed by atoms with van der Waals surface area (Å²) in [6.45, 7) is 6.99. The summed E-state index contributed by atoms with van der Waals surface area (Å²) >= 11 is 0. The van der Waals surface area contributed by atoms with E-state index in [1.807, 2.05) is 18.2 Å². The smallest absolute Gasteiger partial charge is 0.193 e. The molecule has 21 heavy (non-hydrogen) atoms. The Morgan fingerprint density at radius 3 is 2.52 bits per heavy atom. The van der Waals surface area contributed by atoms with Gasteiger partial charge < -0.3 is 11.1 Å². The Morgan fingerprint density at radius 2 is 1.81 bits per heavy atom. The van der Waals surface area contributed by atoms with Crippen molar-refractivity contribution in [3.63, 3.8) is 0 Å². The van der Waals surface area contributed by atoms with Crippen molar-refractivity contribution < 1.29 is 0 Å². The molecule has 0 bridgehead atoms. The van der Waals surface area contributed by atoms with E-state index in [-0.39, 0.29) is 0 Å². The fourth-order valence-corrected chi connectivity index (χ4v) is 2.33. The second-order valence-electron chi connectivity index (χ2n) is 5.44. The van der Waals surface area contributed by atoms with Crippen molar-refractivity contribution in [2.75, 3.05) is 11.9 Å². The second kappa shape index (κ2) is 6.93. The summed E-state index contributed by atoms with van der Waals surface area (Å²) in [5.74, 6) is 0.463. The lowest BCUT2D eigenvalue weighted by Gasteiger charge is -2.07. The Bertz CT molecular complexity index is 645. The minimum absolute atomic E-state index is 0.463. The summed E-state index contributed by atoms with van der Waals surface area (Å²) < 4.78 is 0. The molecule has 0 radical (unpaired) electrons. The Labute approximate surface area is 126 Å². The lowest BCUT2D eigenvalue weighted by Crippen LogP contribution is -2.23. The number of anilines is 1. The summed E-state index contributed by atoms with van der Waals surface area (Å²) in [5, 5.41) is 3.12. The summed E-state index contributed by atoms with van der Waals surface area (Å²) in [7, 11) is 0. The van der Waals surface area contributed by atoms with Crippen LogP contribution in [0.2, 0.25) is 0 Å². The van der Waals surface area contributed by atoms with Gasteiger partial charge in [0.1, 0.15) is 0 Å². The molecular formula is C18H23N3. The molecule has 110 valence electrons. The van der Waals surface area contributed by atoms with Crippen molar-refractivity contribution in [3.05, 3.63) is 64.7 Å². The Kier molecular flexibility index (Phi) is 4.99. The molecule has 2 aromatic rings. The van der Waals surface area contributed by atoms with Crippen LogP contribution in [-0.2, 0) is 6.42 Å². The van der Waals surface area contributed by atoms with Crippen LogP contribution >= 0.6 is 0 Å². The third-order valence-electron chi connectivity index (χ3n) is 3.45. The zero-order chi connectivity index (χ0) is 15.2. The molecule has 0 fully saturated rings. The Balaban J connectivity index is 1.91. The van der Waals surface area contributed by atoms with E-state index in [9.17, 15) is 0 Å². The van der Waals surface area contributed by atoms with E-state index in [1.165, 1.54) is 22.3 Å². The highest BCUT2D eigenvalue weighted by molar-refractivity contribution is 5.92. The topological polar surface area (TPSA) is 50.4 Å². The van der Waals surface area contributed by atoms with Gasteiger partial charge >= 0.3 is 0 Å². The van der Waals surface area contributed by atoms with Crippen molar-refractivity contribution in [1.29, 1.82) is 0 Å². The van der Waals surface area contributed by atoms with E-state index in [0.717, 1.165) is 12.1 Å². The molecule has 0 aliphatic heterocycles. The van der Waals surface area contributed by atoms with Crippen molar-refractivity contribution in [2.45, 2.75) is 27.2 Å². The van der Waals surface area contributed by atoms with E-state index < -0.39 is 0 Å². The zero-order valence-corrected chi connectivity index (χ0v) is 13.0. The Morgan fingerprint density at radius 1 is 1.05 bits per heavy atom. The van der Waals surface area contributed by atoms with Gasteiger partial charge in [0.25, 0.3) is 0 Å². The number of rotatable bonds is 4. The van der Waals surface area contributed by atoms with Crippen LogP contribution < -0.4 is 11.1 Å². The average molecular weight is 281 g/mol. The van der Waals surface area contributed by atoms with Gasteiger partial charge in [0, 0.05) is 12.2 Å². The number of hydrogen-bond acceptors (Lipinski definition) is 1. The molecule has 0 aliphatic rings. The van der Waals surface area contributed by atoms with E-state index in [0.29, 0.717) is 12.5 Å². The van der Waals surface area contributed by atoms with Gasteiger partial charge in [-0.05, 0) is 56.0 Å². The third kappa shape index (κ3) is 4.63. The van der Waals surface area contributed by atoms with Crippen molar-refractivity contribution in [1.82, 2.24) is 0 Å². The molecule has 0 saturated heterocycles. The van der Waals surface area contributed by atoms with Gasteiger partial charge in [0.05, 0.1) is 0 Å². The fourth-order valence-electron chi connectivity index (χ4n) is 2.33. The van der Waals surface area contributed by atoms with Gasteiger partial charge in [-0.25, -0.2) is 0 Å². The molecule has 0 unspecified atom stereocenters. The number of hydrogen-bond donors (Lipinski definition) is 2. The number of nitrogens with zero attached hydrogens (tertiary/aromatic N) is 1. The first-order valence-corrected chi connectivity index (χ1v) is 7.24. The SMILES string of the molecule is Cc1cccc(NC(N)=NCCc2ccc(C)cc2C)c1. The maximum Gasteiger partial charge on any atom is 0.193 e. The number of benzene rings is 2. The maximum absolute atomic E-state index is 5.92. The number of aliphatic imine (C=N–C) groups is 1. The minimum atomic E-state index is 0.463. The molecule has 0 spiro atoms. The van der Waals surface area contributed by atoms with E-state index in [1.54, 1.807) is 0 Å². The Hall–Kier alpha value is -2.29.